The summed E-state index contributed by atoms with van der Waals surface area (Å²) >= 11 is 0. The number of methoxy groups -OCH3 is 1. The highest BCUT2D eigenvalue weighted by Crippen LogP contribution is 2.48. The van der Waals surface area contributed by atoms with Gasteiger partial charge in [-0.15, -0.1) is 0 Å². The first-order chi connectivity index (χ1) is 8.13. The number of hydrogen-bond acceptors (Lipinski definition) is 4. The molecule has 2 aliphatic heterocycles. The van der Waals surface area contributed by atoms with Crippen LogP contribution >= 0.6 is 0 Å². The molecule has 1 aromatic rings. The Hall–Kier alpha value is -1.26. The maximum Gasteiger partial charge on any atom is 0.166 e. The summed E-state index contributed by atoms with van der Waals surface area (Å²) in [7, 11) is 1.66. The highest BCUT2D eigenvalue weighted by atomic mass is 16.7. The molecule has 3 rings (SSSR count). The van der Waals surface area contributed by atoms with E-state index in [0.29, 0.717) is 12.5 Å². The molecule has 2 atom stereocenters. The summed E-state index contributed by atoms with van der Waals surface area (Å²) in [5, 5.41) is 0. The van der Waals surface area contributed by atoms with Crippen LogP contribution in [0.4, 0.5) is 0 Å². The molecule has 0 bridgehead atoms. The highest BCUT2D eigenvalue weighted by molar-refractivity contribution is 5.49. The van der Waals surface area contributed by atoms with Crippen LogP contribution in [-0.2, 0) is 4.84 Å². The third kappa shape index (κ3) is 1.51. The Morgan fingerprint density at radius 2 is 2.24 bits per heavy atom. The van der Waals surface area contributed by atoms with Crippen LogP contribution < -0.4 is 15.0 Å². The van der Waals surface area contributed by atoms with Crippen molar-refractivity contribution in [1.82, 2.24) is 5.48 Å². The summed E-state index contributed by atoms with van der Waals surface area (Å²) in [6.45, 7) is 4.82. The van der Waals surface area contributed by atoms with Crippen LogP contribution in [0.15, 0.2) is 18.2 Å². The lowest BCUT2D eigenvalue weighted by Gasteiger charge is -2.32. The lowest BCUT2D eigenvalue weighted by atomic mass is 9.82. The number of benzene rings is 1. The third-order valence-corrected chi connectivity index (χ3v) is 3.72. The van der Waals surface area contributed by atoms with Crippen molar-refractivity contribution in [3.8, 4) is 11.5 Å². The van der Waals surface area contributed by atoms with Gasteiger partial charge in [0.15, 0.2) is 11.5 Å². The second-order valence-corrected chi connectivity index (χ2v) is 5.10. The molecule has 0 aliphatic carbocycles. The number of nitrogens with one attached hydrogen (secondary N) is 1. The number of rotatable bonds is 1. The molecule has 1 saturated heterocycles. The molecule has 0 amide bonds. The molecule has 4 nitrogen and oxygen atoms in total. The first-order valence-corrected chi connectivity index (χ1v) is 5.87. The second-order valence-electron chi connectivity index (χ2n) is 5.10. The summed E-state index contributed by atoms with van der Waals surface area (Å²) in [5.41, 5.74) is 4.03. The summed E-state index contributed by atoms with van der Waals surface area (Å²) in [6.07, 6.45) is 0. The van der Waals surface area contributed by atoms with Crippen LogP contribution in [0.5, 0.6) is 11.5 Å². The molecule has 0 aromatic heterocycles. The number of hydroxylamine groups is 1. The van der Waals surface area contributed by atoms with E-state index in [0.717, 1.165) is 17.1 Å². The van der Waals surface area contributed by atoms with E-state index in [1.165, 1.54) is 0 Å². The van der Waals surface area contributed by atoms with Crippen LogP contribution in [-0.4, -0.2) is 19.3 Å². The van der Waals surface area contributed by atoms with Crippen LogP contribution in [0, 0.1) is 5.92 Å². The highest BCUT2D eigenvalue weighted by Gasteiger charge is 2.48. The fourth-order valence-electron chi connectivity index (χ4n) is 2.62. The van der Waals surface area contributed by atoms with E-state index < -0.39 is 0 Å². The number of hydrogen-bond donors (Lipinski definition) is 1. The SMILES string of the molecule is COc1cccc2c1OC[C@@H]1[C@H]2NOC1(C)C. The van der Waals surface area contributed by atoms with Crippen molar-refractivity contribution < 1.29 is 14.3 Å². The first-order valence-electron chi connectivity index (χ1n) is 5.87. The molecular formula is C13H17NO3. The van der Waals surface area contributed by atoms with E-state index in [1.807, 2.05) is 12.1 Å². The molecule has 4 heteroatoms. The van der Waals surface area contributed by atoms with Gasteiger partial charge in [0.25, 0.3) is 0 Å². The molecule has 0 saturated carbocycles. The Balaban J connectivity index is 2.04. The van der Waals surface area contributed by atoms with E-state index in [4.69, 9.17) is 14.3 Å². The Morgan fingerprint density at radius 1 is 1.41 bits per heavy atom. The van der Waals surface area contributed by atoms with Crippen molar-refractivity contribution in [1.29, 1.82) is 0 Å². The van der Waals surface area contributed by atoms with Gasteiger partial charge in [0.05, 0.1) is 25.4 Å². The fourth-order valence-corrected chi connectivity index (χ4v) is 2.62. The Morgan fingerprint density at radius 3 is 3.00 bits per heavy atom. The molecule has 2 aliphatic rings. The summed E-state index contributed by atoms with van der Waals surface area (Å²) in [5.74, 6) is 1.94. The minimum absolute atomic E-state index is 0.184. The molecule has 1 fully saturated rings. The van der Waals surface area contributed by atoms with Crippen molar-refractivity contribution in [2.45, 2.75) is 25.5 Å². The van der Waals surface area contributed by atoms with Crippen LogP contribution in [0.25, 0.3) is 0 Å². The van der Waals surface area contributed by atoms with E-state index >= 15 is 0 Å². The number of ether oxygens (including phenoxy) is 2. The monoisotopic (exact) mass is 235 g/mol. The molecule has 0 unspecified atom stereocenters. The summed E-state index contributed by atoms with van der Waals surface area (Å²) < 4.78 is 11.2. The van der Waals surface area contributed by atoms with Gasteiger partial charge in [-0.05, 0) is 19.9 Å². The van der Waals surface area contributed by atoms with Gasteiger partial charge in [0.1, 0.15) is 0 Å². The van der Waals surface area contributed by atoms with Gasteiger partial charge in [-0.3, -0.25) is 4.84 Å². The summed E-state index contributed by atoms with van der Waals surface area (Å²) in [6, 6.07) is 6.15. The van der Waals surface area contributed by atoms with Gasteiger partial charge in [0, 0.05) is 11.5 Å². The van der Waals surface area contributed by atoms with Gasteiger partial charge >= 0.3 is 0 Å². The lowest BCUT2D eigenvalue weighted by Crippen LogP contribution is -2.36. The fraction of sp³-hybridized carbons (Fsp3) is 0.538. The Bertz CT molecular complexity index is 444. The maximum atomic E-state index is 5.85. The molecule has 0 spiro atoms. The topological polar surface area (TPSA) is 39.7 Å². The first kappa shape index (κ1) is 10.9. The number of fused-ring (bicyclic) bond motifs is 3. The predicted octanol–water partition coefficient (Wildman–Crippen LogP) is 2.06. The average Bonchev–Trinajstić information content (AvgIpc) is 2.65. The lowest BCUT2D eigenvalue weighted by molar-refractivity contribution is -0.0485. The van der Waals surface area contributed by atoms with Crippen LogP contribution in [0.1, 0.15) is 25.5 Å². The minimum atomic E-state index is -0.203. The largest absolute Gasteiger partial charge is 0.493 e. The Kier molecular flexibility index (Phi) is 2.31. The normalized spacial score (nSPS) is 29.1. The smallest absolute Gasteiger partial charge is 0.166 e. The standard InChI is InChI=1S/C13H17NO3/c1-13(2)9-7-16-12-8(11(9)14-17-13)5-4-6-10(12)15-3/h4-6,9,11,14H,7H2,1-3H3/t9-,11+/m1/s1. The zero-order valence-electron chi connectivity index (χ0n) is 10.3. The van der Waals surface area contributed by atoms with Gasteiger partial charge in [-0.25, -0.2) is 0 Å². The van der Waals surface area contributed by atoms with Gasteiger partial charge < -0.3 is 9.47 Å². The second kappa shape index (κ2) is 3.62. The molecule has 1 aromatic carbocycles. The van der Waals surface area contributed by atoms with Crippen molar-refractivity contribution in [3.05, 3.63) is 23.8 Å². The average molecular weight is 235 g/mol. The molecule has 0 radical (unpaired) electrons. The van der Waals surface area contributed by atoms with Crippen molar-refractivity contribution in [3.63, 3.8) is 0 Å². The number of para-hydroxylation sites is 1. The van der Waals surface area contributed by atoms with Crippen molar-refractivity contribution in [2.75, 3.05) is 13.7 Å². The Labute approximate surface area is 101 Å². The van der Waals surface area contributed by atoms with E-state index in [1.54, 1.807) is 7.11 Å². The van der Waals surface area contributed by atoms with E-state index in [2.05, 4.69) is 25.4 Å². The van der Waals surface area contributed by atoms with Gasteiger partial charge in [-0.1, -0.05) is 12.1 Å². The molecule has 92 valence electrons. The zero-order valence-corrected chi connectivity index (χ0v) is 10.3. The minimum Gasteiger partial charge on any atom is -0.493 e. The predicted molar refractivity (Wildman–Crippen MR) is 63.0 cm³/mol. The zero-order chi connectivity index (χ0) is 12.0. The van der Waals surface area contributed by atoms with Gasteiger partial charge in [-0.2, -0.15) is 5.48 Å². The molecule has 17 heavy (non-hydrogen) atoms. The van der Waals surface area contributed by atoms with Gasteiger partial charge in [0.2, 0.25) is 0 Å². The molecule has 2 heterocycles. The van der Waals surface area contributed by atoms with Crippen LogP contribution in [0.2, 0.25) is 0 Å². The molecular weight excluding hydrogens is 218 g/mol. The summed E-state index contributed by atoms with van der Waals surface area (Å²) in [4.78, 5) is 5.65. The quantitative estimate of drug-likeness (QED) is 0.808. The van der Waals surface area contributed by atoms with Crippen LogP contribution in [0.3, 0.4) is 0 Å². The van der Waals surface area contributed by atoms with Crippen molar-refractivity contribution >= 4 is 0 Å². The van der Waals surface area contributed by atoms with Crippen molar-refractivity contribution in [2.24, 2.45) is 5.92 Å². The van der Waals surface area contributed by atoms with E-state index in [9.17, 15) is 0 Å². The molecule has 1 N–H and O–H groups in total. The maximum absolute atomic E-state index is 5.85. The third-order valence-electron chi connectivity index (χ3n) is 3.72. The van der Waals surface area contributed by atoms with E-state index in [-0.39, 0.29) is 11.6 Å².